The molecule has 104 valence electrons. The Kier molecular flexibility index (Phi) is 4.85. The van der Waals surface area contributed by atoms with Gasteiger partial charge >= 0.3 is 5.97 Å². The van der Waals surface area contributed by atoms with Crippen LogP contribution in [0.1, 0.15) is 24.2 Å². The Balaban J connectivity index is 3.11. The third kappa shape index (κ3) is 3.65. The number of carbonyl (C=O) groups is 1. The van der Waals surface area contributed by atoms with Crippen molar-refractivity contribution in [2.24, 2.45) is 0 Å². The van der Waals surface area contributed by atoms with Crippen molar-refractivity contribution >= 4 is 16.0 Å². The zero-order valence-corrected chi connectivity index (χ0v) is 11.8. The second-order valence-corrected chi connectivity index (χ2v) is 6.16. The van der Waals surface area contributed by atoms with Gasteiger partial charge in [0.25, 0.3) is 0 Å². The average molecular weight is 283 g/mol. The van der Waals surface area contributed by atoms with Crippen LogP contribution >= 0.6 is 0 Å². The largest absolute Gasteiger partial charge is 0.478 e. The third-order valence-corrected chi connectivity index (χ3v) is 4.47. The lowest BCUT2D eigenvalue weighted by Gasteiger charge is -2.20. The standard InChI is InChI=1S/C13H17NO4S/c1-4-14(9-10(2)3)19(17,18)12-7-5-11(6-8-12)13(15)16/h5-8H,2,4,9H2,1,3H3,(H,15,16). The second kappa shape index (κ2) is 5.99. The minimum absolute atomic E-state index is 0.0573. The highest BCUT2D eigenvalue weighted by Gasteiger charge is 2.23. The van der Waals surface area contributed by atoms with Crippen LogP contribution in [-0.2, 0) is 10.0 Å². The molecule has 5 nitrogen and oxygen atoms in total. The van der Waals surface area contributed by atoms with Crippen LogP contribution in [-0.4, -0.2) is 36.9 Å². The lowest BCUT2D eigenvalue weighted by Crippen LogP contribution is -2.32. The summed E-state index contributed by atoms with van der Waals surface area (Å²) in [5, 5.41) is 8.78. The number of sulfonamides is 1. The van der Waals surface area contributed by atoms with Crippen molar-refractivity contribution in [3.8, 4) is 0 Å². The number of hydrogen-bond acceptors (Lipinski definition) is 3. The lowest BCUT2D eigenvalue weighted by molar-refractivity contribution is 0.0696. The van der Waals surface area contributed by atoms with Gasteiger partial charge in [0.1, 0.15) is 0 Å². The highest BCUT2D eigenvalue weighted by Crippen LogP contribution is 2.17. The number of hydrogen-bond donors (Lipinski definition) is 1. The minimum Gasteiger partial charge on any atom is -0.478 e. The van der Waals surface area contributed by atoms with E-state index in [1.807, 2.05) is 0 Å². The summed E-state index contributed by atoms with van der Waals surface area (Å²) in [6.45, 7) is 7.78. The Hall–Kier alpha value is -1.66. The summed E-state index contributed by atoms with van der Waals surface area (Å²) >= 11 is 0. The Bertz CT molecular complexity index is 575. The van der Waals surface area contributed by atoms with E-state index in [1.54, 1.807) is 13.8 Å². The molecular weight excluding hydrogens is 266 g/mol. The summed E-state index contributed by atoms with van der Waals surface area (Å²) < 4.78 is 25.9. The summed E-state index contributed by atoms with van der Waals surface area (Å²) in [6.07, 6.45) is 0. The third-order valence-electron chi connectivity index (χ3n) is 2.54. The first kappa shape index (κ1) is 15.4. The van der Waals surface area contributed by atoms with E-state index < -0.39 is 16.0 Å². The van der Waals surface area contributed by atoms with Crippen LogP contribution in [0.25, 0.3) is 0 Å². The summed E-state index contributed by atoms with van der Waals surface area (Å²) in [5.74, 6) is -1.08. The Morgan fingerprint density at radius 1 is 1.32 bits per heavy atom. The molecule has 0 saturated carbocycles. The number of likely N-dealkylation sites (N-methyl/N-ethyl adjacent to an activating group) is 1. The van der Waals surface area contributed by atoms with Crippen LogP contribution in [0, 0.1) is 0 Å². The first-order valence-electron chi connectivity index (χ1n) is 5.77. The van der Waals surface area contributed by atoms with E-state index in [4.69, 9.17) is 5.11 Å². The van der Waals surface area contributed by atoms with Crippen molar-refractivity contribution in [3.05, 3.63) is 42.0 Å². The van der Waals surface area contributed by atoms with E-state index in [1.165, 1.54) is 28.6 Å². The van der Waals surface area contributed by atoms with Crippen LogP contribution in [0.5, 0.6) is 0 Å². The number of aromatic carboxylic acids is 1. The molecule has 0 aliphatic heterocycles. The molecule has 0 radical (unpaired) electrons. The fraction of sp³-hybridized carbons (Fsp3) is 0.308. The fourth-order valence-electron chi connectivity index (χ4n) is 1.59. The maximum atomic E-state index is 12.3. The molecule has 1 N–H and O–H groups in total. The number of nitrogens with zero attached hydrogens (tertiary/aromatic N) is 1. The van der Waals surface area contributed by atoms with Gasteiger partial charge in [-0.15, -0.1) is 0 Å². The lowest BCUT2D eigenvalue weighted by atomic mass is 10.2. The van der Waals surface area contributed by atoms with Crippen molar-refractivity contribution in [1.82, 2.24) is 4.31 Å². The molecule has 0 aliphatic carbocycles. The van der Waals surface area contributed by atoms with E-state index >= 15 is 0 Å². The Morgan fingerprint density at radius 3 is 2.21 bits per heavy atom. The van der Waals surface area contributed by atoms with Crippen LogP contribution in [0.2, 0.25) is 0 Å². The highest BCUT2D eigenvalue weighted by molar-refractivity contribution is 7.89. The van der Waals surface area contributed by atoms with Gasteiger partial charge in [0.15, 0.2) is 0 Å². The first-order chi connectivity index (χ1) is 8.78. The maximum Gasteiger partial charge on any atom is 0.335 e. The number of rotatable bonds is 6. The van der Waals surface area contributed by atoms with Gasteiger partial charge in [0, 0.05) is 13.1 Å². The molecular formula is C13H17NO4S. The SMILES string of the molecule is C=C(C)CN(CC)S(=O)(=O)c1ccc(C(=O)O)cc1. The van der Waals surface area contributed by atoms with Crippen molar-refractivity contribution in [3.63, 3.8) is 0 Å². The maximum absolute atomic E-state index is 12.3. The smallest absolute Gasteiger partial charge is 0.335 e. The molecule has 0 spiro atoms. The van der Waals surface area contributed by atoms with Crippen LogP contribution in [0.15, 0.2) is 41.3 Å². The van der Waals surface area contributed by atoms with Crippen molar-refractivity contribution in [2.75, 3.05) is 13.1 Å². The van der Waals surface area contributed by atoms with Crippen molar-refractivity contribution < 1.29 is 18.3 Å². The minimum atomic E-state index is -3.61. The van der Waals surface area contributed by atoms with E-state index in [9.17, 15) is 13.2 Å². The molecule has 1 aromatic carbocycles. The molecule has 1 rings (SSSR count). The van der Waals surface area contributed by atoms with Gasteiger partial charge in [-0.05, 0) is 31.2 Å². The van der Waals surface area contributed by atoms with Crippen molar-refractivity contribution in [1.29, 1.82) is 0 Å². The number of benzene rings is 1. The van der Waals surface area contributed by atoms with E-state index in [0.717, 1.165) is 5.57 Å². The van der Waals surface area contributed by atoms with E-state index in [2.05, 4.69) is 6.58 Å². The summed E-state index contributed by atoms with van der Waals surface area (Å²) in [5.41, 5.74) is 0.800. The second-order valence-electron chi connectivity index (χ2n) is 4.22. The van der Waals surface area contributed by atoms with Crippen molar-refractivity contribution in [2.45, 2.75) is 18.7 Å². The van der Waals surface area contributed by atoms with Gasteiger partial charge in [0.05, 0.1) is 10.5 Å². The number of carboxylic acids is 1. The molecule has 0 saturated heterocycles. The van der Waals surface area contributed by atoms with Crippen LogP contribution in [0.4, 0.5) is 0 Å². The molecule has 0 heterocycles. The molecule has 19 heavy (non-hydrogen) atoms. The molecule has 0 amide bonds. The topological polar surface area (TPSA) is 74.7 Å². The first-order valence-corrected chi connectivity index (χ1v) is 7.21. The molecule has 0 atom stereocenters. The van der Waals surface area contributed by atoms with Gasteiger partial charge < -0.3 is 5.11 Å². The van der Waals surface area contributed by atoms with Gasteiger partial charge in [-0.3, -0.25) is 0 Å². The summed E-state index contributed by atoms with van der Waals surface area (Å²) in [4.78, 5) is 10.8. The van der Waals surface area contributed by atoms with E-state index in [0.29, 0.717) is 6.54 Å². The Morgan fingerprint density at radius 2 is 1.84 bits per heavy atom. The zero-order valence-electron chi connectivity index (χ0n) is 11.0. The van der Waals surface area contributed by atoms with Gasteiger partial charge in [0.2, 0.25) is 10.0 Å². The predicted octanol–water partition coefficient (Wildman–Crippen LogP) is 1.97. The average Bonchev–Trinajstić information content (AvgIpc) is 2.35. The molecule has 0 aliphatic rings. The van der Waals surface area contributed by atoms with Crippen LogP contribution in [0.3, 0.4) is 0 Å². The van der Waals surface area contributed by atoms with Crippen LogP contribution < -0.4 is 0 Å². The normalized spacial score (nSPS) is 11.5. The van der Waals surface area contributed by atoms with Gasteiger partial charge in [-0.1, -0.05) is 19.1 Å². The summed E-state index contributed by atoms with van der Waals surface area (Å²) in [7, 11) is -3.61. The zero-order chi connectivity index (χ0) is 14.6. The highest BCUT2D eigenvalue weighted by atomic mass is 32.2. The molecule has 6 heteroatoms. The molecule has 0 aromatic heterocycles. The number of carboxylic acid groups (broad SMARTS) is 1. The quantitative estimate of drug-likeness (QED) is 0.810. The fourth-order valence-corrected chi connectivity index (χ4v) is 3.09. The Labute approximate surface area is 113 Å². The molecule has 0 fully saturated rings. The van der Waals surface area contributed by atoms with Gasteiger partial charge in [-0.2, -0.15) is 4.31 Å². The van der Waals surface area contributed by atoms with E-state index in [-0.39, 0.29) is 17.0 Å². The summed E-state index contributed by atoms with van der Waals surface area (Å²) in [6, 6.07) is 5.17. The monoisotopic (exact) mass is 283 g/mol. The molecule has 0 bridgehead atoms. The van der Waals surface area contributed by atoms with Gasteiger partial charge in [-0.25, -0.2) is 13.2 Å². The predicted molar refractivity (Wildman–Crippen MR) is 72.6 cm³/mol. The molecule has 1 aromatic rings. The molecule has 0 unspecified atom stereocenters.